The van der Waals surface area contributed by atoms with Gasteiger partial charge in [0.05, 0.1) is 44.5 Å². The summed E-state index contributed by atoms with van der Waals surface area (Å²) in [6.07, 6.45) is -0.811. The lowest BCUT2D eigenvalue weighted by Crippen LogP contribution is -2.33. The van der Waals surface area contributed by atoms with Gasteiger partial charge in [0.1, 0.15) is 36.2 Å². The minimum Gasteiger partial charge on any atom is -0.463 e. The molecule has 270 valence electrons. The fraction of sp³-hybridized carbons (Fsp3) is 0.395. The van der Waals surface area contributed by atoms with Gasteiger partial charge in [-0.15, -0.1) is 0 Å². The van der Waals surface area contributed by atoms with E-state index in [9.17, 15) is 24.0 Å². The number of hydrogen-bond donors (Lipinski definition) is 0. The average molecular weight is 705 g/mol. The highest BCUT2D eigenvalue weighted by Gasteiger charge is 2.54. The Morgan fingerprint density at radius 1 is 0.627 bits per heavy atom. The SMILES string of the molecule is COCCOC(=O)CCC(=O)Oc1ccc2c(c1)Oc1cc(OC(=O)CCC(=O)OCCOC)ccc1C21OC(=O)c2cc(C(C)(C)C)ccc21. The van der Waals surface area contributed by atoms with Crippen molar-refractivity contribution in [1.29, 1.82) is 0 Å². The van der Waals surface area contributed by atoms with E-state index in [0.717, 1.165) is 5.56 Å². The molecule has 51 heavy (non-hydrogen) atoms. The third kappa shape index (κ3) is 8.38. The van der Waals surface area contributed by atoms with Gasteiger partial charge in [0.2, 0.25) is 0 Å². The van der Waals surface area contributed by atoms with Crippen LogP contribution in [0.4, 0.5) is 0 Å². The van der Waals surface area contributed by atoms with E-state index in [4.69, 9.17) is 37.9 Å². The number of rotatable bonds is 14. The van der Waals surface area contributed by atoms with Gasteiger partial charge in [0.15, 0.2) is 5.60 Å². The van der Waals surface area contributed by atoms with E-state index in [0.29, 0.717) is 22.3 Å². The fourth-order valence-electron chi connectivity index (χ4n) is 5.68. The minimum atomic E-state index is -1.45. The van der Waals surface area contributed by atoms with Crippen molar-refractivity contribution in [3.05, 3.63) is 82.4 Å². The summed E-state index contributed by atoms with van der Waals surface area (Å²) >= 11 is 0. The van der Waals surface area contributed by atoms with E-state index in [1.165, 1.54) is 26.4 Å². The first-order valence-electron chi connectivity index (χ1n) is 16.4. The standard InChI is InChI=1S/C38H40O13/c1-37(2,3)23-6-9-27-26(20-23)36(43)51-38(27)28-10-7-24(48-34(41)14-12-32(39)46-18-16-44-4)21-30(28)50-31-22-25(8-11-29(31)38)49-35(42)15-13-33(40)47-19-17-45-5/h6-11,20-22H,12-19H2,1-5H3. The van der Waals surface area contributed by atoms with E-state index < -0.39 is 35.4 Å². The molecule has 0 aromatic heterocycles. The maximum Gasteiger partial charge on any atom is 0.340 e. The van der Waals surface area contributed by atoms with Crippen LogP contribution in [0.3, 0.4) is 0 Å². The molecule has 0 saturated carbocycles. The first kappa shape index (κ1) is 37.0. The number of carbonyl (C=O) groups excluding carboxylic acids is 5. The summed E-state index contributed by atoms with van der Waals surface area (Å²) in [7, 11) is 2.96. The summed E-state index contributed by atoms with van der Waals surface area (Å²) in [6.45, 7) is 6.77. The molecule has 2 aliphatic rings. The molecule has 0 radical (unpaired) electrons. The van der Waals surface area contributed by atoms with Gasteiger partial charge in [0.25, 0.3) is 0 Å². The van der Waals surface area contributed by atoms with Crippen molar-refractivity contribution in [3.63, 3.8) is 0 Å². The second-order valence-electron chi connectivity index (χ2n) is 12.9. The normalized spacial score (nSPS) is 13.6. The smallest absolute Gasteiger partial charge is 0.340 e. The van der Waals surface area contributed by atoms with E-state index in [-0.39, 0.29) is 80.5 Å². The second-order valence-corrected chi connectivity index (χ2v) is 12.9. The van der Waals surface area contributed by atoms with E-state index in [1.807, 2.05) is 39.0 Å². The Balaban J connectivity index is 1.44. The maximum atomic E-state index is 13.6. The van der Waals surface area contributed by atoms with Crippen LogP contribution >= 0.6 is 0 Å². The Hall–Kier alpha value is -5.27. The molecule has 5 rings (SSSR count). The molecule has 0 N–H and O–H groups in total. The zero-order valence-corrected chi connectivity index (χ0v) is 29.2. The molecule has 0 fully saturated rings. The number of ether oxygens (including phenoxy) is 8. The van der Waals surface area contributed by atoms with Crippen molar-refractivity contribution >= 4 is 29.8 Å². The van der Waals surface area contributed by atoms with Crippen LogP contribution in [-0.2, 0) is 53.9 Å². The molecule has 0 bridgehead atoms. The van der Waals surface area contributed by atoms with Gasteiger partial charge in [-0.25, -0.2) is 4.79 Å². The van der Waals surface area contributed by atoms with Gasteiger partial charge >= 0.3 is 29.8 Å². The number of methoxy groups -OCH3 is 2. The van der Waals surface area contributed by atoms with Crippen LogP contribution in [0.25, 0.3) is 0 Å². The molecule has 0 aliphatic carbocycles. The monoisotopic (exact) mass is 704 g/mol. The van der Waals surface area contributed by atoms with Gasteiger partial charge in [-0.2, -0.15) is 0 Å². The van der Waals surface area contributed by atoms with Crippen LogP contribution in [0.1, 0.15) is 79.1 Å². The van der Waals surface area contributed by atoms with E-state index >= 15 is 0 Å². The Kier molecular flexibility index (Phi) is 11.4. The van der Waals surface area contributed by atoms with E-state index in [2.05, 4.69) is 0 Å². The highest BCUT2D eigenvalue weighted by Crippen LogP contribution is 2.57. The van der Waals surface area contributed by atoms with Gasteiger partial charge in [0, 0.05) is 43.0 Å². The van der Waals surface area contributed by atoms with Crippen LogP contribution in [-0.4, -0.2) is 70.5 Å². The van der Waals surface area contributed by atoms with Crippen molar-refractivity contribution in [2.24, 2.45) is 0 Å². The van der Waals surface area contributed by atoms with Gasteiger partial charge < -0.3 is 37.9 Å². The molecule has 0 amide bonds. The molecule has 1 spiro atoms. The van der Waals surface area contributed by atoms with Crippen molar-refractivity contribution in [1.82, 2.24) is 0 Å². The average Bonchev–Trinajstić information content (AvgIpc) is 3.37. The molecule has 0 unspecified atom stereocenters. The lowest BCUT2D eigenvalue weighted by molar-refractivity contribution is -0.148. The molecule has 2 aliphatic heterocycles. The highest BCUT2D eigenvalue weighted by molar-refractivity contribution is 5.97. The predicted octanol–water partition coefficient (Wildman–Crippen LogP) is 5.30. The maximum absolute atomic E-state index is 13.6. The summed E-state index contributed by atoms with van der Waals surface area (Å²) in [6, 6.07) is 15.0. The first-order valence-corrected chi connectivity index (χ1v) is 16.4. The molecule has 13 nitrogen and oxygen atoms in total. The number of hydrogen-bond acceptors (Lipinski definition) is 13. The number of esters is 5. The Labute approximate surface area is 295 Å². The van der Waals surface area contributed by atoms with Crippen molar-refractivity contribution in [2.75, 3.05) is 40.6 Å². The molecule has 2 heterocycles. The molecule has 3 aromatic rings. The molecule has 3 aromatic carbocycles. The van der Waals surface area contributed by atoms with Crippen LogP contribution in [0.5, 0.6) is 23.0 Å². The van der Waals surface area contributed by atoms with Crippen LogP contribution in [0.15, 0.2) is 54.6 Å². The fourth-order valence-corrected chi connectivity index (χ4v) is 5.68. The zero-order valence-electron chi connectivity index (χ0n) is 29.2. The third-order valence-electron chi connectivity index (χ3n) is 8.25. The van der Waals surface area contributed by atoms with Crippen LogP contribution < -0.4 is 14.2 Å². The molecular formula is C38H40O13. The zero-order chi connectivity index (χ0) is 36.8. The van der Waals surface area contributed by atoms with Crippen LogP contribution in [0, 0.1) is 0 Å². The summed E-state index contributed by atoms with van der Waals surface area (Å²) in [4.78, 5) is 62.7. The first-order chi connectivity index (χ1) is 24.3. The number of fused-ring (bicyclic) bond motifs is 6. The minimum absolute atomic E-state index is 0.0752. The third-order valence-corrected chi connectivity index (χ3v) is 8.25. The number of carbonyl (C=O) groups is 5. The predicted molar refractivity (Wildman–Crippen MR) is 179 cm³/mol. The lowest BCUT2D eigenvalue weighted by Gasteiger charge is -2.36. The molecular weight excluding hydrogens is 664 g/mol. The Morgan fingerprint density at radius 3 is 1.57 bits per heavy atom. The summed E-state index contributed by atoms with van der Waals surface area (Å²) in [5.74, 6) is -2.32. The van der Waals surface area contributed by atoms with Gasteiger partial charge in [-0.3, -0.25) is 19.2 Å². The summed E-state index contributed by atoms with van der Waals surface area (Å²) in [5, 5.41) is 0. The Morgan fingerprint density at radius 2 is 1.10 bits per heavy atom. The number of benzene rings is 3. The topological polar surface area (TPSA) is 159 Å². The van der Waals surface area contributed by atoms with Crippen molar-refractivity contribution in [2.45, 2.75) is 57.5 Å². The van der Waals surface area contributed by atoms with E-state index in [1.54, 1.807) is 24.3 Å². The lowest BCUT2D eigenvalue weighted by atomic mass is 9.76. The van der Waals surface area contributed by atoms with Crippen molar-refractivity contribution < 1.29 is 61.9 Å². The quantitative estimate of drug-likeness (QED) is 0.0922. The van der Waals surface area contributed by atoms with Gasteiger partial charge in [-0.1, -0.05) is 32.9 Å². The molecule has 0 saturated heterocycles. The largest absolute Gasteiger partial charge is 0.463 e. The highest BCUT2D eigenvalue weighted by atomic mass is 16.6. The molecule has 0 atom stereocenters. The van der Waals surface area contributed by atoms with Crippen LogP contribution in [0.2, 0.25) is 0 Å². The Bertz CT molecular complexity index is 1730. The molecule has 13 heteroatoms. The summed E-state index contributed by atoms with van der Waals surface area (Å²) in [5.41, 5.74) is 1.18. The summed E-state index contributed by atoms with van der Waals surface area (Å²) < 4.78 is 43.3. The van der Waals surface area contributed by atoms with Gasteiger partial charge in [-0.05, 0) is 41.3 Å². The second kappa shape index (κ2) is 15.7. The van der Waals surface area contributed by atoms with Crippen molar-refractivity contribution in [3.8, 4) is 23.0 Å².